The van der Waals surface area contributed by atoms with Crippen molar-refractivity contribution in [1.29, 1.82) is 0 Å². The summed E-state index contributed by atoms with van der Waals surface area (Å²) in [6.07, 6.45) is 1.69. The van der Waals surface area contributed by atoms with Crippen molar-refractivity contribution in [3.8, 4) is 28.1 Å². The molecule has 0 atom stereocenters. The summed E-state index contributed by atoms with van der Waals surface area (Å²) in [4.78, 5) is 16.9. The normalized spacial score (nSPS) is 11.0. The molecule has 2 aromatic carbocycles. The fourth-order valence-electron chi connectivity index (χ4n) is 2.85. The van der Waals surface area contributed by atoms with E-state index in [0.717, 1.165) is 5.56 Å². The Kier molecular flexibility index (Phi) is 3.57. The van der Waals surface area contributed by atoms with Crippen LogP contribution in [0, 0.1) is 5.82 Å². The molecule has 5 nitrogen and oxygen atoms in total. The van der Waals surface area contributed by atoms with E-state index in [9.17, 15) is 9.18 Å². The Hall–Kier alpha value is -3.41. The topological polar surface area (TPSA) is 59.4 Å². The van der Waals surface area contributed by atoms with Gasteiger partial charge in [-0.3, -0.25) is 9.89 Å². The Balaban J connectivity index is 2.00. The molecule has 2 aromatic heterocycles. The second-order valence-corrected chi connectivity index (χ2v) is 5.51. The summed E-state index contributed by atoms with van der Waals surface area (Å²) in [5, 5.41) is 2.89. The third-order valence-electron chi connectivity index (χ3n) is 4.04. The number of benzene rings is 2. The van der Waals surface area contributed by atoms with Crippen LogP contribution in [-0.4, -0.2) is 21.7 Å². The Bertz CT molecular complexity index is 1130. The molecule has 4 aromatic rings. The third kappa shape index (κ3) is 2.48. The number of fused-ring (bicyclic) bond motifs is 1. The lowest BCUT2D eigenvalue weighted by Gasteiger charge is -2.07. The van der Waals surface area contributed by atoms with Gasteiger partial charge in [-0.2, -0.15) is 0 Å². The number of halogens is 1. The van der Waals surface area contributed by atoms with Gasteiger partial charge in [0.05, 0.1) is 12.8 Å². The predicted molar refractivity (Wildman–Crippen MR) is 93.2 cm³/mol. The van der Waals surface area contributed by atoms with Crippen LogP contribution in [0.2, 0.25) is 0 Å². The van der Waals surface area contributed by atoms with Crippen LogP contribution in [0.5, 0.6) is 5.75 Å². The summed E-state index contributed by atoms with van der Waals surface area (Å²) in [7, 11) is 1.58. The van der Waals surface area contributed by atoms with E-state index in [2.05, 4.69) is 10.1 Å². The minimum absolute atomic E-state index is 0.286. The highest BCUT2D eigenvalue weighted by atomic mass is 19.1. The maximum atomic E-state index is 14.1. The van der Waals surface area contributed by atoms with Gasteiger partial charge in [0, 0.05) is 29.0 Å². The van der Waals surface area contributed by atoms with Gasteiger partial charge in [0.1, 0.15) is 11.6 Å². The SMILES string of the molecule is COc1ccccc1-c1c[nH]n2c(=O)cc(-c3ccccc3F)nc12. The van der Waals surface area contributed by atoms with Gasteiger partial charge >= 0.3 is 0 Å². The zero-order valence-electron chi connectivity index (χ0n) is 13.4. The zero-order chi connectivity index (χ0) is 17.4. The van der Waals surface area contributed by atoms with Gasteiger partial charge in [-0.25, -0.2) is 13.9 Å². The number of hydrogen-bond acceptors (Lipinski definition) is 3. The predicted octanol–water partition coefficient (Wildman–Crippen LogP) is 3.50. The van der Waals surface area contributed by atoms with Gasteiger partial charge < -0.3 is 4.74 Å². The van der Waals surface area contributed by atoms with Crippen molar-refractivity contribution < 1.29 is 9.13 Å². The number of aromatic amines is 1. The average molecular weight is 335 g/mol. The summed E-state index contributed by atoms with van der Waals surface area (Å²) in [6, 6.07) is 15.0. The second kappa shape index (κ2) is 5.90. The standard InChI is InChI=1S/C19H14FN3O2/c1-25-17-9-5-3-6-12(17)14-11-21-23-18(24)10-16(22-19(14)23)13-7-2-4-8-15(13)20/h2-11,21H,1H3. The molecule has 0 aliphatic heterocycles. The fourth-order valence-corrected chi connectivity index (χ4v) is 2.85. The van der Waals surface area contributed by atoms with Crippen LogP contribution in [0.15, 0.2) is 65.6 Å². The first-order valence-corrected chi connectivity index (χ1v) is 7.68. The second-order valence-electron chi connectivity index (χ2n) is 5.51. The lowest BCUT2D eigenvalue weighted by molar-refractivity contribution is 0.416. The van der Waals surface area contributed by atoms with Crippen molar-refractivity contribution in [2.75, 3.05) is 7.11 Å². The Labute approximate surface area is 142 Å². The summed E-state index contributed by atoms with van der Waals surface area (Å²) in [5.74, 6) is 0.239. The molecule has 2 heterocycles. The lowest BCUT2D eigenvalue weighted by Crippen LogP contribution is -2.14. The van der Waals surface area contributed by atoms with Crippen LogP contribution in [0.4, 0.5) is 4.39 Å². The van der Waals surface area contributed by atoms with Crippen LogP contribution in [0.3, 0.4) is 0 Å². The maximum Gasteiger partial charge on any atom is 0.273 e. The smallest absolute Gasteiger partial charge is 0.273 e. The molecular formula is C19H14FN3O2. The van der Waals surface area contributed by atoms with Crippen LogP contribution >= 0.6 is 0 Å². The van der Waals surface area contributed by atoms with E-state index in [0.29, 0.717) is 22.7 Å². The highest BCUT2D eigenvalue weighted by Gasteiger charge is 2.15. The fraction of sp³-hybridized carbons (Fsp3) is 0.0526. The van der Waals surface area contributed by atoms with E-state index in [1.165, 1.54) is 16.6 Å². The van der Waals surface area contributed by atoms with Crippen LogP contribution in [0.25, 0.3) is 28.0 Å². The third-order valence-corrected chi connectivity index (χ3v) is 4.04. The van der Waals surface area contributed by atoms with E-state index >= 15 is 0 Å². The lowest BCUT2D eigenvalue weighted by atomic mass is 10.1. The number of hydrogen-bond donors (Lipinski definition) is 1. The van der Waals surface area contributed by atoms with Gasteiger partial charge in [-0.15, -0.1) is 0 Å². The number of rotatable bonds is 3. The van der Waals surface area contributed by atoms with E-state index in [-0.39, 0.29) is 11.1 Å². The van der Waals surface area contributed by atoms with E-state index in [4.69, 9.17) is 4.74 Å². The molecule has 0 saturated carbocycles. The number of ether oxygens (including phenoxy) is 1. The van der Waals surface area contributed by atoms with Crippen LogP contribution in [0.1, 0.15) is 0 Å². The Morgan fingerprint density at radius 3 is 2.52 bits per heavy atom. The number of aromatic nitrogens is 3. The molecule has 0 saturated heterocycles. The Morgan fingerprint density at radius 2 is 1.76 bits per heavy atom. The van der Waals surface area contributed by atoms with Crippen molar-refractivity contribution >= 4 is 5.65 Å². The van der Waals surface area contributed by atoms with E-state index < -0.39 is 5.82 Å². The maximum absolute atomic E-state index is 14.1. The molecule has 25 heavy (non-hydrogen) atoms. The van der Waals surface area contributed by atoms with Gasteiger partial charge in [-0.1, -0.05) is 30.3 Å². The first-order valence-electron chi connectivity index (χ1n) is 7.68. The van der Waals surface area contributed by atoms with Crippen molar-refractivity contribution in [2.24, 2.45) is 0 Å². The first-order chi connectivity index (χ1) is 12.2. The summed E-state index contributed by atoms with van der Waals surface area (Å²) < 4.78 is 20.8. The zero-order valence-corrected chi connectivity index (χ0v) is 13.4. The molecule has 0 aliphatic carbocycles. The van der Waals surface area contributed by atoms with Gasteiger partial charge in [0.15, 0.2) is 5.65 Å². The summed E-state index contributed by atoms with van der Waals surface area (Å²) in [6.45, 7) is 0. The van der Waals surface area contributed by atoms with Crippen molar-refractivity contribution in [3.05, 3.63) is 77.0 Å². The van der Waals surface area contributed by atoms with Gasteiger partial charge in [0.2, 0.25) is 0 Å². The van der Waals surface area contributed by atoms with Crippen molar-refractivity contribution in [1.82, 2.24) is 14.6 Å². The molecule has 6 heteroatoms. The summed E-state index contributed by atoms with van der Waals surface area (Å²) >= 11 is 0. The van der Waals surface area contributed by atoms with E-state index in [1.807, 2.05) is 24.3 Å². The van der Waals surface area contributed by atoms with E-state index in [1.54, 1.807) is 31.5 Å². The molecule has 1 N–H and O–H groups in total. The minimum Gasteiger partial charge on any atom is -0.496 e. The summed E-state index contributed by atoms with van der Waals surface area (Å²) in [5.41, 5.74) is 2.17. The molecule has 0 spiro atoms. The molecule has 0 amide bonds. The average Bonchev–Trinajstić information content (AvgIpc) is 3.06. The quantitative estimate of drug-likeness (QED) is 0.623. The Morgan fingerprint density at radius 1 is 1.04 bits per heavy atom. The van der Waals surface area contributed by atoms with Crippen LogP contribution < -0.4 is 10.3 Å². The number of nitrogens with zero attached hydrogens (tertiary/aromatic N) is 2. The number of nitrogens with one attached hydrogen (secondary N) is 1. The minimum atomic E-state index is -0.423. The first kappa shape index (κ1) is 15.1. The highest BCUT2D eigenvalue weighted by Crippen LogP contribution is 2.32. The van der Waals surface area contributed by atoms with Gasteiger partial charge in [0.25, 0.3) is 5.56 Å². The molecule has 0 radical (unpaired) electrons. The molecule has 4 rings (SSSR count). The number of para-hydroxylation sites is 1. The highest BCUT2D eigenvalue weighted by molar-refractivity contribution is 5.82. The number of methoxy groups -OCH3 is 1. The van der Waals surface area contributed by atoms with Gasteiger partial charge in [-0.05, 0) is 18.2 Å². The molecule has 124 valence electrons. The molecular weight excluding hydrogens is 321 g/mol. The largest absolute Gasteiger partial charge is 0.496 e. The molecule has 0 unspecified atom stereocenters. The molecule has 0 fully saturated rings. The van der Waals surface area contributed by atoms with Crippen molar-refractivity contribution in [2.45, 2.75) is 0 Å². The monoisotopic (exact) mass is 335 g/mol. The van der Waals surface area contributed by atoms with Crippen LogP contribution in [-0.2, 0) is 0 Å². The number of H-pyrrole nitrogens is 1. The van der Waals surface area contributed by atoms with Crippen molar-refractivity contribution in [3.63, 3.8) is 0 Å². The molecule has 0 bridgehead atoms. The molecule has 0 aliphatic rings.